The summed E-state index contributed by atoms with van der Waals surface area (Å²) in [5.41, 5.74) is 1.16. The highest BCUT2D eigenvalue weighted by atomic mass is 16.5. The molecule has 0 aliphatic rings. The lowest BCUT2D eigenvalue weighted by molar-refractivity contribution is 0.106. The second kappa shape index (κ2) is 8.11. The second-order valence-electron chi connectivity index (χ2n) is 5.17. The van der Waals surface area contributed by atoms with Crippen LogP contribution in [0.3, 0.4) is 0 Å². The van der Waals surface area contributed by atoms with Crippen LogP contribution in [0.1, 0.15) is 25.8 Å². The minimum absolute atomic E-state index is 0.331. The van der Waals surface area contributed by atoms with Crippen LogP contribution in [0.15, 0.2) is 24.3 Å². The summed E-state index contributed by atoms with van der Waals surface area (Å²) in [6.07, 6.45) is 0.670. The van der Waals surface area contributed by atoms with Gasteiger partial charge in [0.25, 0.3) is 0 Å². The van der Waals surface area contributed by atoms with Crippen LogP contribution < -0.4 is 10.1 Å². The van der Waals surface area contributed by atoms with Crippen molar-refractivity contribution in [2.24, 2.45) is 5.92 Å². The highest BCUT2D eigenvalue weighted by Gasteiger charge is 2.05. The number of rotatable bonds is 8. The Bertz CT molecular complexity index is 339. The van der Waals surface area contributed by atoms with Crippen LogP contribution in [-0.2, 0) is 0 Å². The molecule has 18 heavy (non-hydrogen) atoms. The lowest BCUT2D eigenvalue weighted by Gasteiger charge is -2.14. The van der Waals surface area contributed by atoms with E-state index in [0.29, 0.717) is 19.1 Å². The molecule has 0 spiro atoms. The number of aliphatic hydroxyl groups is 1. The van der Waals surface area contributed by atoms with E-state index >= 15 is 0 Å². The Labute approximate surface area is 110 Å². The summed E-state index contributed by atoms with van der Waals surface area (Å²) in [6, 6.07) is 7.86. The van der Waals surface area contributed by atoms with E-state index in [1.54, 1.807) is 0 Å². The van der Waals surface area contributed by atoms with Gasteiger partial charge in [0.2, 0.25) is 0 Å². The van der Waals surface area contributed by atoms with Gasteiger partial charge in [0.15, 0.2) is 0 Å². The van der Waals surface area contributed by atoms with E-state index in [4.69, 9.17) is 4.74 Å². The number of benzene rings is 1. The first-order chi connectivity index (χ1) is 8.58. The SMILES string of the molecule is Cc1cccc(OCC(O)CNCCC(C)C)c1. The summed E-state index contributed by atoms with van der Waals surface area (Å²) in [4.78, 5) is 0. The summed E-state index contributed by atoms with van der Waals surface area (Å²) in [6.45, 7) is 8.27. The maximum absolute atomic E-state index is 9.76. The Balaban J connectivity index is 2.15. The zero-order valence-corrected chi connectivity index (χ0v) is 11.6. The number of aliphatic hydroxyl groups excluding tert-OH is 1. The fraction of sp³-hybridized carbons (Fsp3) is 0.600. The molecule has 0 saturated heterocycles. The molecule has 0 amide bonds. The van der Waals surface area contributed by atoms with Crippen LogP contribution in [0, 0.1) is 12.8 Å². The van der Waals surface area contributed by atoms with Crippen molar-refractivity contribution in [3.05, 3.63) is 29.8 Å². The van der Waals surface area contributed by atoms with Gasteiger partial charge in [0.1, 0.15) is 18.5 Å². The zero-order chi connectivity index (χ0) is 13.4. The van der Waals surface area contributed by atoms with Crippen molar-refractivity contribution in [3.8, 4) is 5.75 Å². The standard InChI is InChI=1S/C15H25NO2/c1-12(2)7-8-16-10-14(17)11-18-15-6-4-5-13(3)9-15/h4-6,9,12,14,16-17H,7-8,10-11H2,1-3H3. The zero-order valence-electron chi connectivity index (χ0n) is 11.6. The minimum Gasteiger partial charge on any atom is -0.491 e. The first-order valence-corrected chi connectivity index (χ1v) is 6.66. The molecule has 3 nitrogen and oxygen atoms in total. The van der Waals surface area contributed by atoms with E-state index in [0.717, 1.165) is 24.3 Å². The van der Waals surface area contributed by atoms with Gasteiger partial charge in [-0.3, -0.25) is 0 Å². The lowest BCUT2D eigenvalue weighted by atomic mass is 10.1. The number of ether oxygens (including phenoxy) is 1. The van der Waals surface area contributed by atoms with Gasteiger partial charge in [0, 0.05) is 6.54 Å². The van der Waals surface area contributed by atoms with Crippen LogP contribution in [0.5, 0.6) is 5.75 Å². The van der Waals surface area contributed by atoms with E-state index in [1.165, 1.54) is 0 Å². The molecular formula is C15H25NO2. The topological polar surface area (TPSA) is 41.5 Å². The molecule has 0 radical (unpaired) electrons. The molecule has 1 aromatic rings. The van der Waals surface area contributed by atoms with E-state index in [1.807, 2.05) is 31.2 Å². The average molecular weight is 251 g/mol. The van der Waals surface area contributed by atoms with Crippen LogP contribution in [0.2, 0.25) is 0 Å². The van der Waals surface area contributed by atoms with Crippen molar-refractivity contribution in [1.29, 1.82) is 0 Å². The molecule has 1 unspecified atom stereocenters. The van der Waals surface area contributed by atoms with Crippen molar-refractivity contribution in [1.82, 2.24) is 5.32 Å². The molecule has 1 atom stereocenters. The van der Waals surface area contributed by atoms with Gasteiger partial charge in [-0.05, 0) is 43.5 Å². The van der Waals surface area contributed by atoms with Crippen LogP contribution in [0.4, 0.5) is 0 Å². The van der Waals surface area contributed by atoms with E-state index in [9.17, 15) is 5.11 Å². The Hall–Kier alpha value is -1.06. The predicted molar refractivity (Wildman–Crippen MR) is 75.0 cm³/mol. The van der Waals surface area contributed by atoms with Crippen molar-refractivity contribution in [3.63, 3.8) is 0 Å². The lowest BCUT2D eigenvalue weighted by Crippen LogP contribution is -2.32. The summed E-state index contributed by atoms with van der Waals surface area (Å²) < 4.78 is 5.54. The van der Waals surface area contributed by atoms with Crippen LogP contribution in [0.25, 0.3) is 0 Å². The van der Waals surface area contributed by atoms with Gasteiger partial charge in [0.05, 0.1) is 0 Å². The smallest absolute Gasteiger partial charge is 0.119 e. The molecule has 1 rings (SSSR count). The van der Waals surface area contributed by atoms with Gasteiger partial charge >= 0.3 is 0 Å². The third kappa shape index (κ3) is 6.62. The molecule has 0 saturated carbocycles. The quantitative estimate of drug-likeness (QED) is 0.697. The molecule has 0 heterocycles. The summed E-state index contributed by atoms with van der Waals surface area (Å²) in [5.74, 6) is 1.51. The Kier molecular flexibility index (Phi) is 6.76. The number of hydrogen-bond donors (Lipinski definition) is 2. The number of hydrogen-bond acceptors (Lipinski definition) is 3. The molecule has 1 aromatic carbocycles. The molecule has 102 valence electrons. The molecule has 0 bridgehead atoms. The monoisotopic (exact) mass is 251 g/mol. The second-order valence-corrected chi connectivity index (χ2v) is 5.17. The molecule has 0 fully saturated rings. The summed E-state index contributed by atoms with van der Waals surface area (Å²) in [5, 5.41) is 13.0. The minimum atomic E-state index is -0.460. The third-order valence-electron chi connectivity index (χ3n) is 2.71. The fourth-order valence-electron chi connectivity index (χ4n) is 1.62. The van der Waals surface area contributed by atoms with Gasteiger partial charge in [-0.2, -0.15) is 0 Å². The molecule has 3 heteroatoms. The van der Waals surface area contributed by atoms with E-state index < -0.39 is 6.10 Å². The normalized spacial score (nSPS) is 12.7. The molecular weight excluding hydrogens is 226 g/mol. The first kappa shape index (κ1) is 15.0. The Morgan fingerprint density at radius 3 is 2.78 bits per heavy atom. The van der Waals surface area contributed by atoms with E-state index in [-0.39, 0.29) is 0 Å². The van der Waals surface area contributed by atoms with Crippen LogP contribution >= 0.6 is 0 Å². The first-order valence-electron chi connectivity index (χ1n) is 6.66. The van der Waals surface area contributed by atoms with Crippen molar-refractivity contribution >= 4 is 0 Å². The number of aryl methyl sites for hydroxylation is 1. The highest BCUT2D eigenvalue weighted by Crippen LogP contribution is 2.12. The van der Waals surface area contributed by atoms with Crippen molar-refractivity contribution in [2.75, 3.05) is 19.7 Å². The highest BCUT2D eigenvalue weighted by molar-refractivity contribution is 5.27. The van der Waals surface area contributed by atoms with E-state index in [2.05, 4.69) is 19.2 Å². The predicted octanol–water partition coefficient (Wildman–Crippen LogP) is 2.37. The summed E-state index contributed by atoms with van der Waals surface area (Å²) >= 11 is 0. The van der Waals surface area contributed by atoms with Gasteiger partial charge in [-0.1, -0.05) is 26.0 Å². The molecule has 0 aliphatic heterocycles. The maximum Gasteiger partial charge on any atom is 0.119 e. The molecule has 0 aromatic heterocycles. The fourth-order valence-corrected chi connectivity index (χ4v) is 1.62. The Morgan fingerprint density at radius 2 is 2.11 bits per heavy atom. The summed E-state index contributed by atoms with van der Waals surface area (Å²) in [7, 11) is 0. The largest absolute Gasteiger partial charge is 0.491 e. The maximum atomic E-state index is 9.76. The Morgan fingerprint density at radius 1 is 1.33 bits per heavy atom. The molecule has 0 aliphatic carbocycles. The number of nitrogens with one attached hydrogen (secondary N) is 1. The third-order valence-corrected chi connectivity index (χ3v) is 2.71. The average Bonchev–Trinajstić information content (AvgIpc) is 2.32. The van der Waals surface area contributed by atoms with Crippen molar-refractivity contribution in [2.45, 2.75) is 33.3 Å². The van der Waals surface area contributed by atoms with Crippen LogP contribution in [-0.4, -0.2) is 30.9 Å². The van der Waals surface area contributed by atoms with Gasteiger partial charge < -0.3 is 15.2 Å². The van der Waals surface area contributed by atoms with Gasteiger partial charge in [-0.25, -0.2) is 0 Å². The molecule has 2 N–H and O–H groups in total. The van der Waals surface area contributed by atoms with Crippen molar-refractivity contribution < 1.29 is 9.84 Å². The van der Waals surface area contributed by atoms with Gasteiger partial charge in [-0.15, -0.1) is 0 Å².